The first-order valence-corrected chi connectivity index (χ1v) is 7.33. The molecule has 2 rings (SSSR count). The van der Waals surface area contributed by atoms with Gasteiger partial charge in [0.2, 0.25) is 0 Å². The summed E-state index contributed by atoms with van der Waals surface area (Å²) in [6.45, 7) is 4.25. The van der Waals surface area contributed by atoms with Crippen LogP contribution in [0, 0.1) is 12.7 Å². The van der Waals surface area contributed by atoms with E-state index in [4.69, 9.17) is 10.5 Å². The van der Waals surface area contributed by atoms with Gasteiger partial charge >= 0.3 is 0 Å². The molecule has 2 aromatic rings. The fourth-order valence-electron chi connectivity index (χ4n) is 2.21. The first-order chi connectivity index (χ1) is 10.1. The first kappa shape index (κ1) is 15.5. The highest BCUT2D eigenvalue weighted by molar-refractivity contribution is 5.29. The van der Waals surface area contributed by atoms with Crippen molar-refractivity contribution in [2.24, 2.45) is 5.73 Å². The van der Waals surface area contributed by atoms with Gasteiger partial charge in [-0.1, -0.05) is 37.6 Å². The highest BCUT2D eigenvalue weighted by atomic mass is 19.1. The third kappa shape index (κ3) is 4.30. The monoisotopic (exact) mass is 287 g/mol. The average molecular weight is 287 g/mol. The van der Waals surface area contributed by atoms with Gasteiger partial charge < -0.3 is 10.5 Å². The molecule has 0 aliphatic rings. The van der Waals surface area contributed by atoms with Crippen LogP contribution in [0.2, 0.25) is 0 Å². The van der Waals surface area contributed by atoms with Crippen LogP contribution in [-0.2, 0) is 6.42 Å². The van der Waals surface area contributed by atoms with Crippen LogP contribution < -0.4 is 10.5 Å². The molecule has 0 aliphatic heterocycles. The van der Waals surface area contributed by atoms with Crippen molar-refractivity contribution in [2.45, 2.75) is 32.7 Å². The SMILES string of the molecule is CCCc1ccc(C(N)COc2ccc(F)c(C)c2)cc1. The first-order valence-electron chi connectivity index (χ1n) is 7.33. The normalized spacial score (nSPS) is 12.2. The van der Waals surface area contributed by atoms with Crippen LogP contribution in [0.25, 0.3) is 0 Å². The van der Waals surface area contributed by atoms with E-state index in [2.05, 4.69) is 31.2 Å². The number of benzene rings is 2. The molecule has 2 nitrogen and oxygen atoms in total. The van der Waals surface area contributed by atoms with Gasteiger partial charge in [-0.3, -0.25) is 0 Å². The quantitative estimate of drug-likeness (QED) is 0.865. The zero-order chi connectivity index (χ0) is 15.2. The maximum atomic E-state index is 13.2. The summed E-state index contributed by atoms with van der Waals surface area (Å²) in [6.07, 6.45) is 2.22. The summed E-state index contributed by atoms with van der Waals surface area (Å²) in [6, 6.07) is 12.9. The van der Waals surface area contributed by atoms with Gasteiger partial charge in [0.15, 0.2) is 0 Å². The molecule has 2 aromatic carbocycles. The summed E-state index contributed by atoms with van der Waals surface area (Å²) >= 11 is 0. The summed E-state index contributed by atoms with van der Waals surface area (Å²) in [5.74, 6) is 0.421. The van der Waals surface area contributed by atoms with Gasteiger partial charge in [0.05, 0.1) is 6.04 Å². The maximum Gasteiger partial charge on any atom is 0.126 e. The Balaban J connectivity index is 1.94. The van der Waals surface area contributed by atoms with E-state index in [-0.39, 0.29) is 11.9 Å². The predicted molar refractivity (Wildman–Crippen MR) is 84.0 cm³/mol. The van der Waals surface area contributed by atoms with E-state index in [1.165, 1.54) is 11.6 Å². The van der Waals surface area contributed by atoms with Crippen molar-refractivity contribution in [1.29, 1.82) is 0 Å². The van der Waals surface area contributed by atoms with Crippen molar-refractivity contribution in [3.8, 4) is 5.75 Å². The molecular weight excluding hydrogens is 265 g/mol. The Morgan fingerprint density at radius 1 is 1.14 bits per heavy atom. The smallest absolute Gasteiger partial charge is 0.126 e. The molecule has 0 radical (unpaired) electrons. The third-order valence-corrected chi connectivity index (χ3v) is 3.51. The summed E-state index contributed by atoms with van der Waals surface area (Å²) in [5, 5.41) is 0. The molecule has 21 heavy (non-hydrogen) atoms. The Hall–Kier alpha value is -1.87. The number of hydrogen-bond acceptors (Lipinski definition) is 2. The summed E-state index contributed by atoms with van der Waals surface area (Å²) in [5.41, 5.74) is 9.08. The van der Waals surface area contributed by atoms with Gasteiger partial charge in [-0.25, -0.2) is 4.39 Å². The number of halogens is 1. The molecule has 0 bridgehead atoms. The van der Waals surface area contributed by atoms with Gasteiger partial charge in [0.25, 0.3) is 0 Å². The molecule has 0 aromatic heterocycles. The number of ether oxygens (including phenoxy) is 1. The summed E-state index contributed by atoms with van der Waals surface area (Å²) in [7, 11) is 0. The molecule has 2 N–H and O–H groups in total. The van der Waals surface area contributed by atoms with E-state index < -0.39 is 0 Å². The Morgan fingerprint density at radius 3 is 2.48 bits per heavy atom. The van der Waals surface area contributed by atoms with Crippen LogP contribution >= 0.6 is 0 Å². The van der Waals surface area contributed by atoms with E-state index in [1.54, 1.807) is 19.1 Å². The molecule has 0 saturated carbocycles. The van der Waals surface area contributed by atoms with Crippen LogP contribution in [-0.4, -0.2) is 6.61 Å². The van der Waals surface area contributed by atoms with Gasteiger partial charge in [-0.2, -0.15) is 0 Å². The molecule has 1 unspecified atom stereocenters. The van der Waals surface area contributed by atoms with Crippen molar-refractivity contribution >= 4 is 0 Å². The number of hydrogen-bond donors (Lipinski definition) is 1. The molecule has 0 saturated heterocycles. The molecule has 0 heterocycles. The van der Waals surface area contributed by atoms with Crippen molar-refractivity contribution in [2.75, 3.05) is 6.61 Å². The van der Waals surface area contributed by atoms with Crippen LogP contribution in [0.4, 0.5) is 4.39 Å². The van der Waals surface area contributed by atoms with Crippen LogP contribution in [0.3, 0.4) is 0 Å². The molecule has 112 valence electrons. The van der Waals surface area contributed by atoms with E-state index in [0.717, 1.165) is 18.4 Å². The largest absolute Gasteiger partial charge is 0.492 e. The van der Waals surface area contributed by atoms with Crippen molar-refractivity contribution in [1.82, 2.24) is 0 Å². The summed E-state index contributed by atoms with van der Waals surface area (Å²) < 4.78 is 18.8. The Morgan fingerprint density at radius 2 is 1.86 bits per heavy atom. The molecule has 1 atom stereocenters. The van der Waals surface area contributed by atoms with Crippen molar-refractivity contribution < 1.29 is 9.13 Å². The zero-order valence-corrected chi connectivity index (χ0v) is 12.6. The average Bonchev–Trinajstić information content (AvgIpc) is 2.49. The molecule has 0 amide bonds. The second-order valence-electron chi connectivity index (χ2n) is 5.32. The Bertz CT molecular complexity index is 580. The molecule has 3 heteroatoms. The van der Waals surface area contributed by atoms with Gasteiger partial charge in [-0.15, -0.1) is 0 Å². The molecule has 0 fully saturated rings. The van der Waals surface area contributed by atoms with E-state index in [1.807, 2.05) is 0 Å². The minimum absolute atomic E-state index is 0.189. The third-order valence-electron chi connectivity index (χ3n) is 3.51. The van der Waals surface area contributed by atoms with E-state index in [9.17, 15) is 4.39 Å². The molecular formula is C18H22FNO. The fraction of sp³-hybridized carbons (Fsp3) is 0.333. The lowest BCUT2D eigenvalue weighted by atomic mass is 10.0. The van der Waals surface area contributed by atoms with Gasteiger partial charge in [-0.05, 0) is 48.2 Å². The van der Waals surface area contributed by atoms with Crippen LogP contribution in [0.15, 0.2) is 42.5 Å². The minimum atomic E-state index is -0.224. The van der Waals surface area contributed by atoms with Gasteiger partial charge in [0, 0.05) is 0 Å². The minimum Gasteiger partial charge on any atom is -0.492 e. The topological polar surface area (TPSA) is 35.2 Å². The van der Waals surface area contributed by atoms with Crippen LogP contribution in [0.1, 0.15) is 36.1 Å². The van der Waals surface area contributed by atoms with Crippen molar-refractivity contribution in [3.63, 3.8) is 0 Å². The second-order valence-corrected chi connectivity index (χ2v) is 5.32. The molecule has 0 aliphatic carbocycles. The second kappa shape index (κ2) is 7.23. The Labute approximate surface area is 125 Å². The highest BCUT2D eigenvalue weighted by Gasteiger charge is 2.08. The van der Waals surface area contributed by atoms with Crippen molar-refractivity contribution in [3.05, 3.63) is 65.0 Å². The zero-order valence-electron chi connectivity index (χ0n) is 12.6. The maximum absolute atomic E-state index is 13.2. The lowest BCUT2D eigenvalue weighted by Crippen LogP contribution is -2.19. The number of rotatable bonds is 6. The fourth-order valence-corrected chi connectivity index (χ4v) is 2.21. The lowest BCUT2D eigenvalue weighted by Gasteiger charge is -2.14. The van der Waals surface area contributed by atoms with E-state index >= 15 is 0 Å². The molecule has 0 spiro atoms. The highest BCUT2D eigenvalue weighted by Crippen LogP contribution is 2.18. The van der Waals surface area contributed by atoms with Crippen LogP contribution in [0.5, 0.6) is 5.75 Å². The predicted octanol–water partition coefficient (Wildman–Crippen LogP) is 4.17. The number of nitrogens with two attached hydrogens (primary N) is 1. The standard InChI is InChI=1S/C18H22FNO/c1-3-4-14-5-7-15(8-6-14)18(20)12-21-16-9-10-17(19)13(2)11-16/h5-11,18H,3-4,12,20H2,1-2H3. The lowest BCUT2D eigenvalue weighted by molar-refractivity contribution is 0.290. The Kier molecular flexibility index (Phi) is 5.34. The number of aryl methyl sites for hydroxylation is 2. The summed E-state index contributed by atoms with van der Waals surface area (Å²) in [4.78, 5) is 0. The van der Waals surface area contributed by atoms with Gasteiger partial charge in [0.1, 0.15) is 18.2 Å². The van der Waals surface area contributed by atoms with E-state index in [0.29, 0.717) is 17.9 Å².